The molecule has 37 heavy (non-hydrogen) atoms. The predicted octanol–water partition coefficient (Wildman–Crippen LogP) is -12.7. The second-order valence-electron chi connectivity index (χ2n) is 6.43. The Kier molecular flexibility index (Phi) is 35.6. The van der Waals surface area contributed by atoms with Crippen LogP contribution in [0.25, 0.3) is 0 Å². The van der Waals surface area contributed by atoms with E-state index >= 15 is 0 Å². The number of carbonyl (C=O) groups is 6. The van der Waals surface area contributed by atoms with Gasteiger partial charge in [-0.15, -0.1) is 0 Å². The van der Waals surface area contributed by atoms with Crippen molar-refractivity contribution in [2.45, 2.75) is 0 Å². The summed E-state index contributed by atoms with van der Waals surface area (Å²) >= 11 is 0. The molecular weight excluding hydrogens is 592 g/mol. The molecule has 196 valence electrons. The first-order valence-corrected chi connectivity index (χ1v) is 9.13. The first kappa shape index (κ1) is 47.2. The Bertz CT molecular complexity index is 628. The maximum Gasteiger partial charge on any atom is 2.00 e. The van der Waals surface area contributed by atoms with Crippen LogP contribution < -0.4 is 30.6 Å². The van der Waals surface area contributed by atoms with Crippen molar-refractivity contribution in [2.24, 2.45) is 0 Å². The smallest absolute Gasteiger partial charge is 0.549 e. The van der Waals surface area contributed by atoms with Crippen LogP contribution in [0.2, 0.25) is 0 Å². The molecule has 0 radical (unpaired) electrons. The molecule has 0 aliphatic carbocycles. The molecule has 0 aromatic heterocycles. The number of carboxylic acid groups (broad SMARTS) is 6. The van der Waals surface area contributed by atoms with E-state index < -0.39 is 75.1 Å². The van der Waals surface area contributed by atoms with Crippen LogP contribution in [0.4, 0.5) is 0 Å². The zero-order chi connectivity index (χ0) is 26.8. The minimum Gasteiger partial charge on any atom is -0.549 e. The number of carboxylic acids is 6. The van der Waals surface area contributed by atoms with Gasteiger partial charge in [0, 0.05) is 52.4 Å². The van der Waals surface area contributed by atoms with Crippen molar-refractivity contribution < 1.29 is 69.8 Å². The normalized spacial score (nSPS) is 9.89. The molecule has 0 rings (SSSR count). The molecule has 0 bridgehead atoms. The molecule has 0 saturated carbocycles. The van der Waals surface area contributed by atoms with E-state index in [0.717, 1.165) is 9.80 Å². The van der Waals surface area contributed by atoms with Crippen molar-refractivity contribution in [3.8, 4) is 0 Å². The molecule has 0 saturated heterocycles. The third-order valence-corrected chi connectivity index (χ3v) is 3.38. The van der Waals surface area contributed by atoms with Gasteiger partial charge in [-0.3, -0.25) is 9.80 Å². The van der Waals surface area contributed by atoms with Crippen LogP contribution in [0.15, 0.2) is 0 Å². The van der Waals surface area contributed by atoms with Crippen LogP contribution in [0, 0.1) is 0 Å². The summed E-state index contributed by atoms with van der Waals surface area (Å²) in [6.45, 7) is -5.02. The number of rotatable bonds is 18. The van der Waals surface area contributed by atoms with Crippen molar-refractivity contribution in [3.05, 3.63) is 0 Å². The van der Waals surface area contributed by atoms with Gasteiger partial charge in [0.1, 0.15) is 0 Å². The van der Waals surface area contributed by atoms with Crippen LogP contribution in [0.1, 0.15) is 0 Å². The van der Waals surface area contributed by atoms with Crippen LogP contribution in [-0.2, 0) is 28.8 Å². The number of hydroxylamine groups is 4. The molecule has 2 N–H and O–H groups in total. The molecule has 0 aromatic carbocycles. The number of aliphatic carboxylic acids is 6. The van der Waals surface area contributed by atoms with Crippen molar-refractivity contribution in [1.82, 2.24) is 19.9 Å². The molecule has 0 fully saturated rings. The Morgan fingerprint density at radius 1 is 0.405 bits per heavy atom. The molecule has 21 heteroatoms. The average molecular weight is 615 g/mol. The zero-order valence-electron chi connectivity index (χ0n) is 19.8. The van der Waals surface area contributed by atoms with Gasteiger partial charge in [0.2, 0.25) is 0 Å². The molecule has 0 heterocycles. The van der Waals surface area contributed by atoms with Crippen molar-refractivity contribution in [1.29, 1.82) is 0 Å². The Balaban J connectivity index is -0.000000171. The van der Waals surface area contributed by atoms with Gasteiger partial charge in [-0.1, -0.05) is 0 Å². The van der Waals surface area contributed by atoms with Crippen LogP contribution in [-0.4, -0.2) is 245 Å². The first-order chi connectivity index (χ1) is 15.6. The van der Waals surface area contributed by atoms with Crippen LogP contribution in [0.3, 0.4) is 0 Å². The fourth-order valence-corrected chi connectivity index (χ4v) is 2.13. The molecule has 0 aliphatic rings. The summed E-state index contributed by atoms with van der Waals surface area (Å²) in [5.41, 5.74) is 0. The van der Waals surface area contributed by atoms with Gasteiger partial charge in [-0.05, 0) is 0 Å². The van der Waals surface area contributed by atoms with E-state index in [1.165, 1.54) is 0 Å². The van der Waals surface area contributed by atoms with E-state index in [1.807, 2.05) is 0 Å². The molecule has 0 aromatic rings. The van der Waals surface area contributed by atoms with E-state index in [4.69, 9.17) is 10.4 Å². The first-order valence-electron chi connectivity index (χ1n) is 9.13. The third kappa shape index (κ3) is 36.4. The molecule has 0 unspecified atom stereocenters. The number of nitrogens with zero attached hydrogens (tertiary/aromatic N) is 4. The number of hydrogen-bond acceptors (Lipinski definition) is 18. The number of hydrogen-bond donors (Lipinski definition) is 2. The zero-order valence-corrected chi connectivity index (χ0v) is 26.4. The Morgan fingerprint density at radius 2 is 0.595 bits per heavy atom. The Hall–Kier alpha value is 0.359. The topological polar surface area (TPSA) is 294 Å². The molecule has 0 amide bonds. The molecule has 0 aliphatic heterocycles. The van der Waals surface area contributed by atoms with Crippen LogP contribution in [0.5, 0.6) is 0 Å². The van der Waals surface area contributed by atoms with Gasteiger partial charge in [0.25, 0.3) is 0 Å². The van der Waals surface area contributed by atoms with E-state index in [0.29, 0.717) is 10.1 Å². The summed E-state index contributed by atoms with van der Waals surface area (Å²) in [7, 11) is 0. The van der Waals surface area contributed by atoms with Crippen LogP contribution >= 0.6 is 0 Å². The fourth-order valence-electron chi connectivity index (χ4n) is 2.13. The second kappa shape index (κ2) is 27.9. The minimum absolute atomic E-state index is 0. The second-order valence-corrected chi connectivity index (χ2v) is 6.43. The van der Waals surface area contributed by atoms with Crippen molar-refractivity contribution in [3.63, 3.8) is 0 Å². The monoisotopic (exact) mass is 614 g/mol. The predicted molar refractivity (Wildman–Crippen MR) is 107 cm³/mol. The summed E-state index contributed by atoms with van der Waals surface area (Å²) in [5, 5.41) is 79.9. The molecule has 0 atom stereocenters. The van der Waals surface area contributed by atoms with Gasteiger partial charge in [-0.25, -0.2) is 0 Å². The van der Waals surface area contributed by atoms with Crippen molar-refractivity contribution in [2.75, 3.05) is 65.4 Å². The van der Waals surface area contributed by atoms with E-state index in [2.05, 4.69) is 0 Å². The van der Waals surface area contributed by atoms with Gasteiger partial charge < -0.3 is 69.8 Å². The van der Waals surface area contributed by atoms with E-state index in [1.54, 1.807) is 0 Å². The minimum atomic E-state index is -1.51. The molecule has 18 nitrogen and oxygen atoms in total. The van der Waals surface area contributed by atoms with Crippen molar-refractivity contribution >= 4 is 149 Å². The summed E-state index contributed by atoms with van der Waals surface area (Å²) in [5.74, 6) is -8.99. The summed E-state index contributed by atoms with van der Waals surface area (Å²) in [6, 6.07) is 0. The quantitative estimate of drug-likeness (QED) is 0.107. The molecular formula is C16H22Ca3N4O14. The Labute approximate surface area is 300 Å². The summed E-state index contributed by atoms with van der Waals surface area (Å²) in [6.07, 6.45) is 0. The average Bonchev–Trinajstić information content (AvgIpc) is 2.62. The van der Waals surface area contributed by atoms with E-state index in [9.17, 15) is 59.4 Å². The SMILES string of the molecule is O=C([O-])CN(O)CCN(CC(=O)[O-])CC(=O)[O-].O=C([O-])CN(O)CCN(CC(=O)[O-])CC(=O)[O-].[Ca+2].[Ca+2].[Ca+2]. The summed E-state index contributed by atoms with van der Waals surface area (Å²) in [4.78, 5) is 63.1. The largest absolute Gasteiger partial charge is 2.00 e. The number of carbonyl (C=O) groups excluding carboxylic acids is 6. The fraction of sp³-hybridized carbons (Fsp3) is 0.625. The Morgan fingerprint density at radius 3 is 0.757 bits per heavy atom. The van der Waals surface area contributed by atoms with E-state index in [-0.39, 0.29) is 139 Å². The van der Waals surface area contributed by atoms with Gasteiger partial charge in [-0.2, -0.15) is 10.1 Å². The van der Waals surface area contributed by atoms with Gasteiger partial charge in [0.15, 0.2) is 0 Å². The maximum atomic E-state index is 10.3. The maximum absolute atomic E-state index is 10.3. The van der Waals surface area contributed by atoms with Gasteiger partial charge >= 0.3 is 113 Å². The standard InChI is InChI=1S/2C8H14N2O7.3Ca/c2*11-6(12)3-9(4-7(13)14)1-2-10(17)5-8(15)16;;;/h2*17H,1-5H2,(H,11,12)(H,13,14)(H,15,16);;;/q;;3*+2/p-6. The molecule has 0 spiro atoms. The summed E-state index contributed by atoms with van der Waals surface area (Å²) < 4.78 is 0. The van der Waals surface area contributed by atoms with Gasteiger partial charge in [0.05, 0.1) is 48.9 Å². The third-order valence-electron chi connectivity index (χ3n) is 3.38.